The van der Waals surface area contributed by atoms with E-state index in [0.29, 0.717) is 47.2 Å². The maximum absolute atomic E-state index is 15.2. The second-order valence-electron chi connectivity index (χ2n) is 9.05. The molecule has 4 heterocycles. The minimum atomic E-state index is -1.01. The molecule has 0 spiro atoms. The Hall–Kier alpha value is -3.98. The third-order valence-corrected chi connectivity index (χ3v) is 6.77. The van der Waals surface area contributed by atoms with Gasteiger partial charge in [0.15, 0.2) is 11.6 Å². The van der Waals surface area contributed by atoms with Gasteiger partial charge < -0.3 is 19.2 Å². The first-order valence-corrected chi connectivity index (χ1v) is 11.4. The molecule has 0 bridgehead atoms. The average molecular weight is 476 g/mol. The fraction of sp³-hybridized carbons (Fsp3) is 0.231. The maximum atomic E-state index is 15.2. The Labute approximate surface area is 199 Å². The van der Waals surface area contributed by atoms with Gasteiger partial charge >= 0.3 is 0 Å². The van der Waals surface area contributed by atoms with Gasteiger partial charge in [0.25, 0.3) is 11.8 Å². The molecule has 2 aromatic heterocycles. The molecule has 1 unspecified atom stereocenters. The van der Waals surface area contributed by atoms with Crippen LogP contribution in [0, 0.1) is 11.6 Å². The molecule has 178 valence electrons. The molecule has 35 heavy (non-hydrogen) atoms. The van der Waals surface area contributed by atoms with Gasteiger partial charge in [0, 0.05) is 60.8 Å². The van der Waals surface area contributed by atoms with Crippen LogP contribution in [0.5, 0.6) is 0 Å². The molecule has 2 aliphatic rings. The van der Waals surface area contributed by atoms with Gasteiger partial charge in [-0.05, 0) is 19.1 Å². The first-order valence-electron chi connectivity index (χ1n) is 11.4. The van der Waals surface area contributed by atoms with E-state index in [0.717, 1.165) is 11.5 Å². The van der Waals surface area contributed by atoms with Crippen molar-refractivity contribution in [3.63, 3.8) is 0 Å². The Bertz CT molecular complexity index is 1580. The van der Waals surface area contributed by atoms with E-state index in [1.165, 1.54) is 6.26 Å². The summed E-state index contributed by atoms with van der Waals surface area (Å²) >= 11 is 0. The predicted molar refractivity (Wildman–Crippen MR) is 129 cm³/mol. The van der Waals surface area contributed by atoms with Crippen LogP contribution in [0.1, 0.15) is 18.1 Å². The third kappa shape index (κ3) is 3.19. The maximum Gasteiger partial charge on any atom is 0.259 e. The molecule has 0 aliphatic carbocycles. The molecule has 2 aliphatic heterocycles. The van der Waals surface area contributed by atoms with Crippen LogP contribution in [-0.4, -0.2) is 42.1 Å². The van der Waals surface area contributed by atoms with E-state index in [9.17, 15) is 14.0 Å². The summed E-state index contributed by atoms with van der Waals surface area (Å²) in [6.45, 7) is 3.63. The number of carbonyl (C=O) groups excluding carboxylic acids is 2. The smallest absolute Gasteiger partial charge is 0.259 e. The Morgan fingerprint density at radius 3 is 2.63 bits per heavy atom. The predicted octanol–water partition coefficient (Wildman–Crippen LogP) is 3.57. The normalized spacial score (nSPS) is 18.9. The summed E-state index contributed by atoms with van der Waals surface area (Å²) in [5.74, 6) is -3.10. The van der Waals surface area contributed by atoms with Crippen LogP contribution in [-0.2, 0) is 16.6 Å². The van der Waals surface area contributed by atoms with E-state index in [1.807, 2.05) is 17.9 Å². The number of nitrogens with one attached hydrogen (secondary N) is 2. The number of halogens is 2. The summed E-state index contributed by atoms with van der Waals surface area (Å²) in [7, 11) is 1.72. The fourth-order valence-electron chi connectivity index (χ4n) is 5.28. The molecule has 9 heteroatoms. The number of rotatable bonds is 3. The molecule has 2 amide bonds. The van der Waals surface area contributed by atoms with E-state index in [4.69, 9.17) is 4.42 Å². The lowest BCUT2D eigenvalue weighted by Gasteiger charge is -2.34. The number of anilines is 1. The van der Waals surface area contributed by atoms with Crippen LogP contribution in [0.15, 0.2) is 47.2 Å². The zero-order valence-electron chi connectivity index (χ0n) is 19.1. The highest BCUT2D eigenvalue weighted by Crippen LogP contribution is 2.41. The quantitative estimate of drug-likeness (QED) is 0.442. The number of furan rings is 1. The molecular weight excluding hydrogens is 454 g/mol. The molecule has 1 saturated heterocycles. The average Bonchev–Trinajstić information content (AvgIpc) is 3.50. The zero-order valence-corrected chi connectivity index (χ0v) is 19.1. The first kappa shape index (κ1) is 21.5. The van der Waals surface area contributed by atoms with E-state index in [2.05, 4.69) is 10.6 Å². The van der Waals surface area contributed by atoms with Gasteiger partial charge in [-0.15, -0.1) is 0 Å². The standard InChI is InChI=1S/C26H22F2N4O3/c1-13-11-32(8-7-29-13)23-21(28)18(27)10-16-17(12-31(2)22(16)23)20-19(25(33)30-26(20)34)15-5-3-4-14-6-9-35-24(14)15/h3-6,9-10,12-13,29H,7-8,11H2,1-2H3,(H,30,33,34). The van der Waals surface area contributed by atoms with Crippen molar-refractivity contribution in [1.82, 2.24) is 15.2 Å². The Kier molecular flexibility index (Phi) is 4.79. The first-order chi connectivity index (χ1) is 16.8. The van der Waals surface area contributed by atoms with Gasteiger partial charge in [0.05, 0.1) is 22.9 Å². The van der Waals surface area contributed by atoms with Gasteiger partial charge in [0.2, 0.25) is 0 Å². The molecule has 0 saturated carbocycles. The minimum absolute atomic E-state index is 0.0996. The van der Waals surface area contributed by atoms with Gasteiger partial charge in [0.1, 0.15) is 11.3 Å². The second-order valence-corrected chi connectivity index (χ2v) is 9.05. The highest BCUT2D eigenvalue weighted by Gasteiger charge is 2.36. The van der Waals surface area contributed by atoms with E-state index in [-0.39, 0.29) is 22.9 Å². The van der Waals surface area contributed by atoms with Crippen molar-refractivity contribution < 1.29 is 22.8 Å². The topological polar surface area (TPSA) is 79.5 Å². The summed E-state index contributed by atoms with van der Waals surface area (Å²) in [6.07, 6.45) is 3.16. The number of aromatic nitrogens is 1. The zero-order chi connectivity index (χ0) is 24.4. The van der Waals surface area contributed by atoms with Crippen LogP contribution in [0.25, 0.3) is 33.0 Å². The lowest BCUT2D eigenvalue weighted by molar-refractivity contribution is -0.122. The van der Waals surface area contributed by atoms with Crippen molar-refractivity contribution in [2.45, 2.75) is 13.0 Å². The summed E-state index contributed by atoms with van der Waals surface area (Å²) in [5.41, 5.74) is 2.15. The highest BCUT2D eigenvalue weighted by atomic mass is 19.2. The van der Waals surface area contributed by atoms with Crippen LogP contribution >= 0.6 is 0 Å². The number of hydrogen-bond acceptors (Lipinski definition) is 5. The third-order valence-electron chi connectivity index (χ3n) is 6.77. The minimum Gasteiger partial charge on any atom is -0.464 e. The van der Waals surface area contributed by atoms with Crippen molar-refractivity contribution in [1.29, 1.82) is 0 Å². The number of nitrogens with zero attached hydrogens (tertiary/aromatic N) is 2. The highest BCUT2D eigenvalue weighted by molar-refractivity contribution is 6.50. The Balaban J connectivity index is 1.64. The number of imide groups is 1. The molecule has 7 nitrogen and oxygen atoms in total. The van der Waals surface area contributed by atoms with Crippen molar-refractivity contribution >= 4 is 50.5 Å². The van der Waals surface area contributed by atoms with E-state index in [1.54, 1.807) is 36.0 Å². The Morgan fingerprint density at radius 1 is 1.09 bits per heavy atom. The number of piperazine rings is 1. The molecule has 1 atom stereocenters. The van der Waals surface area contributed by atoms with Crippen molar-refractivity contribution in [3.8, 4) is 0 Å². The monoisotopic (exact) mass is 476 g/mol. The van der Waals surface area contributed by atoms with E-state index < -0.39 is 23.4 Å². The molecule has 2 aromatic carbocycles. The number of benzene rings is 2. The van der Waals surface area contributed by atoms with Crippen LogP contribution in [0.3, 0.4) is 0 Å². The van der Waals surface area contributed by atoms with Crippen LogP contribution in [0.2, 0.25) is 0 Å². The number of carbonyl (C=O) groups is 2. The molecule has 2 N–H and O–H groups in total. The summed E-state index contributed by atoms with van der Waals surface area (Å²) in [5, 5.41) is 6.81. The van der Waals surface area contributed by atoms with Crippen LogP contribution < -0.4 is 15.5 Å². The van der Waals surface area contributed by atoms with Crippen molar-refractivity contribution in [3.05, 3.63) is 65.6 Å². The summed E-state index contributed by atoms with van der Waals surface area (Å²) in [4.78, 5) is 27.8. The van der Waals surface area contributed by atoms with Gasteiger partial charge in [-0.3, -0.25) is 14.9 Å². The molecule has 1 fully saturated rings. The molecule has 6 rings (SSSR count). The van der Waals surface area contributed by atoms with Gasteiger partial charge in [-0.2, -0.15) is 0 Å². The van der Waals surface area contributed by atoms with Gasteiger partial charge in [-0.1, -0.05) is 18.2 Å². The Morgan fingerprint density at radius 2 is 1.86 bits per heavy atom. The van der Waals surface area contributed by atoms with Crippen LogP contribution in [0.4, 0.5) is 14.5 Å². The summed E-state index contributed by atoms with van der Waals surface area (Å²) < 4.78 is 37.5. The lowest BCUT2D eigenvalue weighted by Crippen LogP contribution is -2.49. The van der Waals surface area contributed by atoms with E-state index >= 15 is 4.39 Å². The molecule has 4 aromatic rings. The summed E-state index contributed by atoms with van der Waals surface area (Å²) in [6, 6.07) is 8.29. The number of fused-ring (bicyclic) bond motifs is 2. The number of aryl methyl sites for hydroxylation is 1. The second kappa shape index (κ2) is 7.78. The van der Waals surface area contributed by atoms with Crippen molar-refractivity contribution in [2.75, 3.05) is 24.5 Å². The largest absolute Gasteiger partial charge is 0.464 e. The lowest BCUT2D eigenvalue weighted by atomic mass is 9.94. The molecule has 0 radical (unpaired) electrons. The fourth-order valence-corrected chi connectivity index (χ4v) is 5.28. The SMILES string of the molecule is CC1CN(c2c(F)c(F)cc3c(C4=C(c5cccc6ccoc56)C(=O)NC4=O)cn(C)c23)CCN1. The van der Waals surface area contributed by atoms with Gasteiger partial charge in [-0.25, -0.2) is 8.78 Å². The molecular formula is C26H22F2N4O3. The van der Waals surface area contributed by atoms with Crippen molar-refractivity contribution in [2.24, 2.45) is 7.05 Å². The number of amides is 2. The number of hydrogen-bond donors (Lipinski definition) is 2. The number of para-hydroxylation sites is 1.